The van der Waals surface area contributed by atoms with Crippen LogP contribution >= 0.6 is 11.3 Å². The van der Waals surface area contributed by atoms with Crippen molar-refractivity contribution in [1.29, 1.82) is 0 Å². The van der Waals surface area contributed by atoms with Crippen molar-refractivity contribution in [1.82, 2.24) is 9.88 Å². The zero-order valence-electron chi connectivity index (χ0n) is 15.2. The van der Waals surface area contributed by atoms with Crippen LogP contribution in [0.2, 0.25) is 0 Å². The summed E-state index contributed by atoms with van der Waals surface area (Å²) < 4.78 is 5.18. The number of methoxy groups -OCH3 is 1. The standard InChI is InChI=1S/C19H23N3O3S/c1-12-17(14-4-6-16(25-3)7-5-14)20-19(26-12)21-18(24)15-8-10-22(11-9-15)13(2)23/h4-7,15H,8-11H2,1-3H3,(H,20,21,24). The Labute approximate surface area is 157 Å². The molecule has 1 aromatic carbocycles. The lowest BCUT2D eigenvalue weighted by Crippen LogP contribution is -2.40. The number of ether oxygens (including phenoxy) is 1. The average Bonchev–Trinajstić information content (AvgIpc) is 3.02. The van der Waals surface area contributed by atoms with Crippen LogP contribution in [-0.4, -0.2) is 41.9 Å². The Kier molecular flexibility index (Phi) is 5.56. The van der Waals surface area contributed by atoms with Gasteiger partial charge >= 0.3 is 0 Å². The van der Waals surface area contributed by atoms with Gasteiger partial charge < -0.3 is 15.0 Å². The van der Waals surface area contributed by atoms with E-state index in [1.54, 1.807) is 18.9 Å². The van der Waals surface area contributed by atoms with Crippen molar-refractivity contribution in [3.8, 4) is 17.0 Å². The average molecular weight is 373 g/mol. The van der Waals surface area contributed by atoms with Crippen LogP contribution in [-0.2, 0) is 9.59 Å². The molecule has 7 heteroatoms. The number of carbonyl (C=O) groups excluding carboxylic acids is 2. The highest BCUT2D eigenvalue weighted by atomic mass is 32.1. The Hall–Kier alpha value is -2.41. The summed E-state index contributed by atoms with van der Waals surface area (Å²) in [6.45, 7) is 4.85. The molecule has 6 nitrogen and oxygen atoms in total. The molecule has 1 aromatic heterocycles. The Bertz CT molecular complexity index is 793. The second-order valence-electron chi connectivity index (χ2n) is 6.42. The minimum Gasteiger partial charge on any atom is -0.497 e. The van der Waals surface area contributed by atoms with E-state index in [-0.39, 0.29) is 17.7 Å². The number of aryl methyl sites for hydroxylation is 1. The molecule has 2 heterocycles. The van der Waals surface area contributed by atoms with Gasteiger partial charge in [0, 0.05) is 36.4 Å². The highest BCUT2D eigenvalue weighted by Crippen LogP contribution is 2.32. The summed E-state index contributed by atoms with van der Waals surface area (Å²) in [6.07, 6.45) is 1.39. The first-order valence-electron chi connectivity index (χ1n) is 8.66. The maximum atomic E-state index is 12.5. The smallest absolute Gasteiger partial charge is 0.229 e. The van der Waals surface area contributed by atoms with Crippen molar-refractivity contribution in [3.63, 3.8) is 0 Å². The van der Waals surface area contributed by atoms with Crippen molar-refractivity contribution in [2.75, 3.05) is 25.5 Å². The number of benzene rings is 1. The molecule has 3 rings (SSSR count). The van der Waals surface area contributed by atoms with Gasteiger partial charge in [-0.1, -0.05) is 0 Å². The Morgan fingerprint density at radius 2 is 1.88 bits per heavy atom. The number of hydrogen-bond donors (Lipinski definition) is 1. The number of nitrogens with zero attached hydrogens (tertiary/aromatic N) is 2. The van der Waals surface area contributed by atoms with Gasteiger partial charge in [-0.05, 0) is 44.0 Å². The van der Waals surface area contributed by atoms with Gasteiger partial charge in [-0.15, -0.1) is 11.3 Å². The van der Waals surface area contributed by atoms with E-state index in [4.69, 9.17) is 4.74 Å². The van der Waals surface area contributed by atoms with Crippen LogP contribution in [0.4, 0.5) is 5.13 Å². The molecule has 0 aliphatic carbocycles. The predicted molar refractivity (Wildman–Crippen MR) is 102 cm³/mol. The van der Waals surface area contributed by atoms with Gasteiger partial charge in [-0.2, -0.15) is 0 Å². The van der Waals surface area contributed by atoms with Gasteiger partial charge in [-0.25, -0.2) is 4.98 Å². The molecule has 1 aliphatic rings. The molecular formula is C19H23N3O3S. The van der Waals surface area contributed by atoms with Gasteiger partial charge in [0.15, 0.2) is 5.13 Å². The number of hydrogen-bond acceptors (Lipinski definition) is 5. The summed E-state index contributed by atoms with van der Waals surface area (Å²) in [5.74, 6) is 0.790. The normalized spacial score (nSPS) is 15.0. The highest BCUT2D eigenvalue weighted by molar-refractivity contribution is 7.16. The van der Waals surface area contributed by atoms with Crippen LogP contribution in [0.15, 0.2) is 24.3 Å². The first-order valence-corrected chi connectivity index (χ1v) is 9.48. The molecule has 1 aliphatic heterocycles. The number of rotatable bonds is 4. The fourth-order valence-electron chi connectivity index (χ4n) is 3.13. The van der Waals surface area contributed by atoms with Crippen molar-refractivity contribution in [3.05, 3.63) is 29.1 Å². The van der Waals surface area contributed by atoms with Crippen LogP contribution in [0.25, 0.3) is 11.3 Å². The summed E-state index contributed by atoms with van der Waals surface area (Å²) in [6, 6.07) is 7.72. The molecule has 1 saturated heterocycles. The lowest BCUT2D eigenvalue weighted by molar-refractivity contribution is -0.132. The molecule has 138 valence electrons. The van der Waals surface area contributed by atoms with Gasteiger partial charge in [-0.3, -0.25) is 9.59 Å². The van der Waals surface area contributed by atoms with E-state index in [1.165, 1.54) is 11.3 Å². The summed E-state index contributed by atoms with van der Waals surface area (Å²) in [4.78, 5) is 31.3. The summed E-state index contributed by atoms with van der Waals surface area (Å²) in [7, 11) is 1.64. The lowest BCUT2D eigenvalue weighted by atomic mass is 9.96. The van der Waals surface area contributed by atoms with Crippen LogP contribution in [0.3, 0.4) is 0 Å². The second-order valence-corrected chi connectivity index (χ2v) is 7.63. The molecule has 1 N–H and O–H groups in total. The van der Waals surface area contributed by atoms with E-state index in [1.807, 2.05) is 31.2 Å². The van der Waals surface area contributed by atoms with E-state index in [9.17, 15) is 9.59 Å². The topological polar surface area (TPSA) is 71.5 Å². The Morgan fingerprint density at radius 3 is 2.46 bits per heavy atom. The van der Waals surface area contributed by atoms with Crippen LogP contribution in [0.1, 0.15) is 24.6 Å². The molecule has 0 bridgehead atoms. The number of nitrogens with one attached hydrogen (secondary N) is 1. The maximum absolute atomic E-state index is 12.5. The molecule has 2 amide bonds. The Balaban J connectivity index is 1.65. The van der Waals surface area contributed by atoms with Gasteiger partial charge in [0.25, 0.3) is 0 Å². The summed E-state index contributed by atoms with van der Waals surface area (Å²) >= 11 is 1.48. The number of amides is 2. The summed E-state index contributed by atoms with van der Waals surface area (Å²) in [5, 5.41) is 3.57. The number of carbonyl (C=O) groups is 2. The quantitative estimate of drug-likeness (QED) is 0.892. The van der Waals surface area contributed by atoms with Crippen molar-refractivity contribution in [2.45, 2.75) is 26.7 Å². The molecule has 0 radical (unpaired) electrons. The molecule has 26 heavy (non-hydrogen) atoms. The third kappa shape index (κ3) is 4.04. The van der Waals surface area contributed by atoms with Gasteiger partial charge in [0.1, 0.15) is 5.75 Å². The zero-order valence-corrected chi connectivity index (χ0v) is 16.1. The molecular weight excluding hydrogens is 350 g/mol. The van der Waals surface area contributed by atoms with Gasteiger partial charge in [0.2, 0.25) is 11.8 Å². The van der Waals surface area contributed by atoms with E-state index >= 15 is 0 Å². The third-order valence-corrected chi connectivity index (χ3v) is 5.59. The monoisotopic (exact) mass is 373 g/mol. The molecule has 0 unspecified atom stereocenters. The molecule has 2 aromatic rings. The largest absolute Gasteiger partial charge is 0.497 e. The molecule has 0 spiro atoms. The van der Waals surface area contributed by atoms with Crippen molar-refractivity contribution < 1.29 is 14.3 Å². The number of anilines is 1. The minimum absolute atomic E-state index is 0.0109. The first kappa shape index (κ1) is 18.4. The minimum atomic E-state index is -0.0701. The lowest BCUT2D eigenvalue weighted by Gasteiger charge is -2.30. The van der Waals surface area contributed by atoms with Crippen LogP contribution in [0, 0.1) is 12.8 Å². The highest BCUT2D eigenvalue weighted by Gasteiger charge is 2.26. The van der Waals surface area contributed by atoms with Crippen molar-refractivity contribution >= 4 is 28.3 Å². The van der Waals surface area contributed by atoms with Crippen LogP contribution < -0.4 is 10.1 Å². The first-order chi connectivity index (χ1) is 12.5. The van der Waals surface area contributed by atoms with Gasteiger partial charge in [0.05, 0.1) is 12.8 Å². The third-order valence-electron chi connectivity index (χ3n) is 4.70. The van der Waals surface area contributed by atoms with E-state index in [0.717, 1.165) is 21.9 Å². The Morgan fingerprint density at radius 1 is 1.23 bits per heavy atom. The fourth-order valence-corrected chi connectivity index (χ4v) is 3.97. The predicted octanol–water partition coefficient (Wildman–Crippen LogP) is 3.32. The van der Waals surface area contributed by atoms with E-state index in [2.05, 4.69) is 10.3 Å². The second kappa shape index (κ2) is 7.86. The van der Waals surface area contributed by atoms with E-state index < -0.39 is 0 Å². The van der Waals surface area contributed by atoms with Crippen molar-refractivity contribution in [2.24, 2.45) is 5.92 Å². The fraction of sp³-hybridized carbons (Fsp3) is 0.421. The van der Waals surface area contributed by atoms with Crippen LogP contribution in [0.5, 0.6) is 5.75 Å². The maximum Gasteiger partial charge on any atom is 0.229 e. The molecule has 0 saturated carbocycles. The van der Waals surface area contributed by atoms with E-state index in [0.29, 0.717) is 31.1 Å². The number of thiazole rings is 1. The number of aromatic nitrogens is 1. The number of likely N-dealkylation sites (tertiary alicyclic amines) is 1. The SMILES string of the molecule is COc1ccc(-c2nc(NC(=O)C3CCN(C(C)=O)CC3)sc2C)cc1. The number of piperidine rings is 1. The molecule has 0 atom stereocenters. The summed E-state index contributed by atoms with van der Waals surface area (Å²) in [5.41, 5.74) is 1.87. The zero-order chi connectivity index (χ0) is 18.7. The molecule has 1 fully saturated rings.